The van der Waals surface area contributed by atoms with Gasteiger partial charge in [0.25, 0.3) is 5.91 Å². The second-order valence-electron chi connectivity index (χ2n) is 8.28. The Morgan fingerprint density at radius 2 is 2.06 bits per heavy atom. The van der Waals surface area contributed by atoms with Gasteiger partial charge in [-0.15, -0.1) is 0 Å². The van der Waals surface area contributed by atoms with E-state index in [-0.39, 0.29) is 49.7 Å². The maximum absolute atomic E-state index is 14.2. The van der Waals surface area contributed by atoms with Gasteiger partial charge in [0.1, 0.15) is 23.1 Å². The Morgan fingerprint density at radius 1 is 1.34 bits per heavy atom. The zero-order chi connectivity index (χ0) is 23.3. The molecule has 2 saturated heterocycles. The van der Waals surface area contributed by atoms with Gasteiger partial charge in [0, 0.05) is 32.7 Å². The van der Waals surface area contributed by atoms with Crippen LogP contribution in [0.3, 0.4) is 0 Å². The average Bonchev–Trinajstić information content (AvgIpc) is 2.76. The van der Waals surface area contributed by atoms with Crippen LogP contribution in [0.1, 0.15) is 43.6 Å². The lowest BCUT2D eigenvalue weighted by Crippen LogP contribution is -2.54. The Balaban J connectivity index is 1.81. The lowest BCUT2D eigenvalue weighted by molar-refractivity contribution is -0.144. The molecule has 1 amide bonds. The van der Waals surface area contributed by atoms with Crippen molar-refractivity contribution in [3.05, 3.63) is 17.8 Å². The zero-order valence-corrected chi connectivity index (χ0v) is 18.8. The van der Waals surface area contributed by atoms with Crippen LogP contribution in [0, 0.1) is 5.92 Å². The van der Waals surface area contributed by atoms with Crippen molar-refractivity contribution in [1.82, 2.24) is 10.3 Å². The van der Waals surface area contributed by atoms with Crippen LogP contribution in [-0.2, 0) is 14.3 Å². The molecule has 2 aliphatic heterocycles. The third-order valence-electron chi connectivity index (χ3n) is 6.42. The van der Waals surface area contributed by atoms with E-state index < -0.39 is 23.6 Å². The third kappa shape index (κ3) is 5.12. The molecule has 0 aliphatic carbocycles. The van der Waals surface area contributed by atoms with Crippen molar-refractivity contribution in [3.63, 3.8) is 0 Å². The lowest BCUT2D eigenvalue weighted by Gasteiger charge is -2.40. The number of hydrogen-bond acceptors (Lipinski definition) is 7. The number of carbonyl (C=O) groups excluding carboxylic acids is 1. The van der Waals surface area contributed by atoms with Crippen molar-refractivity contribution in [1.29, 1.82) is 0 Å². The van der Waals surface area contributed by atoms with Gasteiger partial charge in [0.05, 0.1) is 19.3 Å². The molecule has 9 nitrogen and oxygen atoms in total. The number of ether oxygens (including phenoxy) is 3. The quantitative estimate of drug-likeness (QED) is 0.554. The number of methoxy groups -OCH3 is 1. The predicted octanol–water partition coefficient (Wildman–Crippen LogP) is 2.04. The summed E-state index contributed by atoms with van der Waals surface area (Å²) in [4.78, 5) is 31.0. The molecule has 2 atom stereocenters. The average molecular weight is 454 g/mol. The fourth-order valence-electron chi connectivity index (χ4n) is 3.88. The molecule has 1 aromatic heterocycles. The number of rotatable bonds is 10. The van der Waals surface area contributed by atoms with E-state index >= 15 is 0 Å². The number of nitrogens with zero attached hydrogens (tertiary/aromatic N) is 2. The smallest absolute Gasteiger partial charge is 0.329 e. The van der Waals surface area contributed by atoms with Gasteiger partial charge in [-0.25, -0.2) is 14.2 Å². The Bertz CT molecular complexity index is 813. The Hall–Kier alpha value is -2.46. The minimum atomic E-state index is -1.37. The molecule has 3 heterocycles. The minimum Gasteiger partial charge on any atom is -0.480 e. The summed E-state index contributed by atoms with van der Waals surface area (Å²) in [5.74, 6) is -1.79. The molecule has 1 aromatic rings. The van der Waals surface area contributed by atoms with E-state index in [0.717, 1.165) is 0 Å². The Kier molecular flexibility index (Phi) is 7.89. The Morgan fingerprint density at radius 3 is 2.66 bits per heavy atom. The summed E-state index contributed by atoms with van der Waals surface area (Å²) >= 11 is 0. The highest BCUT2D eigenvalue weighted by Crippen LogP contribution is 2.32. The highest BCUT2D eigenvalue weighted by molar-refractivity contribution is 5.96. The number of aliphatic carboxylic acids is 1. The molecule has 2 aliphatic rings. The maximum atomic E-state index is 14.2. The number of hydrogen-bond donors (Lipinski definition) is 2. The van der Waals surface area contributed by atoms with E-state index in [9.17, 15) is 19.1 Å². The number of nitrogens with one attached hydrogen (secondary N) is 1. The van der Waals surface area contributed by atoms with Crippen molar-refractivity contribution < 1.29 is 33.3 Å². The van der Waals surface area contributed by atoms with E-state index in [1.54, 1.807) is 33.1 Å². The number of anilines is 1. The molecule has 3 rings (SSSR count). The van der Waals surface area contributed by atoms with Crippen LogP contribution < -0.4 is 15.0 Å². The molecule has 0 bridgehead atoms. The van der Waals surface area contributed by atoms with E-state index in [1.807, 2.05) is 4.90 Å². The number of carboxylic acid groups (broad SMARTS) is 1. The number of aromatic nitrogens is 1. The summed E-state index contributed by atoms with van der Waals surface area (Å²) in [5.41, 5.74) is -0.637. The lowest BCUT2D eigenvalue weighted by atomic mass is 9.92. The largest absolute Gasteiger partial charge is 0.480 e. The van der Waals surface area contributed by atoms with Crippen molar-refractivity contribution in [2.45, 2.75) is 50.9 Å². The van der Waals surface area contributed by atoms with Gasteiger partial charge < -0.3 is 29.5 Å². The van der Waals surface area contributed by atoms with Crippen LogP contribution in [-0.4, -0.2) is 79.8 Å². The summed E-state index contributed by atoms with van der Waals surface area (Å²) in [5, 5.41) is 12.2. The second-order valence-corrected chi connectivity index (χ2v) is 8.28. The zero-order valence-electron chi connectivity index (χ0n) is 18.8. The summed E-state index contributed by atoms with van der Waals surface area (Å²) in [6.07, 6.45) is -0.00683. The molecule has 32 heavy (non-hydrogen) atoms. The molecule has 2 N–H and O–H groups in total. The molecular weight excluding hydrogens is 421 g/mol. The molecular formula is C22H32FN3O6. The van der Waals surface area contributed by atoms with E-state index in [2.05, 4.69) is 10.3 Å². The number of halogens is 1. The van der Waals surface area contributed by atoms with Crippen LogP contribution >= 0.6 is 0 Å². The summed E-state index contributed by atoms with van der Waals surface area (Å²) in [6.45, 7) is 5.35. The number of amides is 1. The fraction of sp³-hybridized carbons (Fsp3) is 0.682. The molecule has 0 saturated carbocycles. The van der Waals surface area contributed by atoms with Gasteiger partial charge in [-0.05, 0) is 31.4 Å². The molecule has 0 radical (unpaired) electrons. The first-order valence-corrected chi connectivity index (χ1v) is 11.0. The first kappa shape index (κ1) is 24.2. The second kappa shape index (κ2) is 10.4. The number of pyridine rings is 1. The SMILES string of the molecule is CCC(CC)(NC(=O)c1ccc(N2CC(OC)C2)c(OCC2CCOCC2F)n1)C(=O)O. The van der Waals surface area contributed by atoms with E-state index in [4.69, 9.17) is 14.2 Å². The van der Waals surface area contributed by atoms with E-state index in [1.165, 1.54) is 0 Å². The van der Waals surface area contributed by atoms with Crippen molar-refractivity contribution in [3.8, 4) is 5.88 Å². The molecule has 2 unspecified atom stereocenters. The topological polar surface area (TPSA) is 110 Å². The van der Waals surface area contributed by atoms with Crippen LogP contribution in [0.25, 0.3) is 0 Å². The normalized spacial score (nSPS) is 21.7. The summed E-state index contributed by atoms with van der Waals surface area (Å²) in [6, 6.07) is 3.27. The first-order valence-electron chi connectivity index (χ1n) is 11.0. The molecule has 2 fully saturated rings. The van der Waals surface area contributed by atoms with E-state index in [0.29, 0.717) is 31.8 Å². The van der Waals surface area contributed by atoms with Crippen molar-refractivity contribution in [2.75, 3.05) is 44.9 Å². The summed E-state index contributed by atoms with van der Waals surface area (Å²) in [7, 11) is 1.65. The highest BCUT2D eigenvalue weighted by Gasteiger charge is 2.37. The molecule has 178 valence electrons. The van der Waals surface area contributed by atoms with Gasteiger partial charge in [-0.1, -0.05) is 13.8 Å². The first-order chi connectivity index (χ1) is 15.3. The number of carboxylic acids is 1. The Labute approximate surface area is 187 Å². The molecule has 0 aromatic carbocycles. The van der Waals surface area contributed by atoms with Crippen LogP contribution in [0.4, 0.5) is 10.1 Å². The van der Waals surface area contributed by atoms with Crippen LogP contribution in [0.5, 0.6) is 5.88 Å². The van der Waals surface area contributed by atoms with Crippen LogP contribution in [0.2, 0.25) is 0 Å². The maximum Gasteiger partial charge on any atom is 0.329 e. The predicted molar refractivity (Wildman–Crippen MR) is 115 cm³/mol. The van der Waals surface area contributed by atoms with Crippen LogP contribution in [0.15, 0.2) is 12.1 Å². The number of carbonyl (C=O) groups is 2. The molecule has 10 heteroatoms. The monoisotopic (exact) mass is 453 g/mol. The van der Waals surface area contributed by atoms with Gasteiger partial charge in [-0.3, -0.25) is 4.79 Å². The summed E-state index contributed by atoms with van der Waals surface area (Å²) < 4.78 is 30.5. The standard InChI is InChI=1S/C22H32FN3O6/c1-4-22(5-2,21(28)29)25-19(27)17-6-7-18(26-10-15(11-26)30-3)20(24-17)32-12-14-8-9-31-13-16(14)23/h6-7,14-16H,4-5,8-13H2,1-3H3,(H,25,27)(H,28,29). The number of alkyl halides is 1. The van der Waals surface area contributed by atoms with Gasteiger partial charge >= 0.3 is 5.97 Å². The van der Waals surface area contributed by atoms with Gasteiger partial charge in [0.15, 0.2) is 0 Å². The third-order valence-corrected chi connectivity index (χ3v) is 6.42. The van der Waals surface area contributed by atoms with Crippen molar-refractivity contribution in [2.24, 2.45) is 5.92 Å². The van der Waals surface area contributed by atoms with Crippen molar-refractivity contribution >= 4 is 17.6 Å². The highest BCUT2D eigenvalue weighted by atomic mass is 19.1. The molecule has 0 spiro atoms. The minimum absolute atomic E-state index is 0.0452. The fourth-order valence-corrected chi connectivity index (χ4v) is 3.88. The van der Waals surface area contributed by atoms with Gasteiger partial charge in [-0.2, -0.15) is 0 Å². The van der Waals surface area contributed by atoms with Gasteiger partial charge in [0.2, 0.25) is 5.88 Å².